The summed E-state index contributed by atoms with van der Waals surface area (Å²) in [7, 11) is 0. The van der Waals surface area contributed by atoms with Gasteiger partial charge in [-0.2, -0.15) is 0 Å². The van der Waals surface area contributed by atoms with Crippen LogP contribution in [0.15, 0.2) is 42.5 Å². The molecular formula is C26H36N4OS. The number of ether oxygens (including phenoxy) is 1. The van der Waals surface area contributed by atoms with Crippen molar-refractivity contribution in [3.05, 3.63) is 59.4 Å². The van der Waals surface area contributed by atoms with Crippen LogP contribution in [0.4, 0.5) is 0 Å². The van der Waals surface area contributed by atoms with Crippen LogP contribution in [0.5, 0.6) is 5.75 Å². The molecule has 0 radical (unpaired) electrons. The molecule has 0 bridgehead atoms. The molecule has 0 aliphatic heterocycles. The third-order valence-electron chi connectivity index (χ3n) is 5.71. The van der Waals surface area contributed by atoms with Gasteiger partial charge in [-0.15, -0.1) is 11.8 Å². The van der Waals surface area contributed by atoms with E-state index in [1.54, 1.807) is 11.8 Å². The van der Waals surface area contributed by atoms with E-state index in [9.17, 15) is 0 Å². The van der Waals surface area contributed by atoms with Gasteiger partial charge < -0.3 is 14.2 Å². The number of hydrogen-bond acceptors (Lipinski definition) is 5. The predicted octanol–water partition coefficient (Wildman–Crippen LogP) is 5.64. The van der Waals surface area contributed by atoms with Crippen LogP contribution in [-0.4, -0.2) is 51.5 Å². The third-order valence-corrected chi connectivity index (χ3v) is 6.49. The van der Waals surface area contributed by atoms with E-state index in [0.29, 0.717) is 18.1 Å². The number of fused-ring (bicyclic) bond motifs is 1. The summed E-state index contributed by atoms with van der Waals surface area (Å²) in [5, 5.41) is 8.87. The van der Waals surface area contributed by atoms with E-state index < -0.39 is 0 Å². The molecule has 5 nitrogen and oxygen atoms in total. The van der Waals surface area contributed by atoms with Crippen LogP contribution in [0.2, 0.25) is 0 Å². The van der Waals surface area contributed by atoms with E-state index in [4.69, 9.17) is 15.1 Å². The average molecular weight is 453 g/mol. The molecule has 6 heteroatoms. The number of nitrogens with one attached hydrogen (secondary N) is 1. The summed E-state index contributed by atoms with van der Waals surface area (Å²) >= 11 is 1.60. The fraction of sp³-hybridized carbons (Fsp3) is 0.462. The second kappa shape index (κ2) is 12.1. The molecular weight excluding hydrogens is 416 g/mol. The maximum absolute atomic E-state index is 8.15. The van der Waals surface area contributed by atoms with Crippen molar-refractivity contribution in [1.82, 2.24) is 14.5 Å². The molecule has 3 rings (SSSR count). The molecule has 1 N–H and O–H groups in total. The summed E-state index contributed by atoms with van der Waals surface area (Å²) in [4.78, 5) is 7.49. The van der Waals surface area contributed by atoms with Crippen molar-refractivity contribution < 1.29 is 4.74 Å². The predicted molar refractivity (Wildman–Crippen MR) is 138 cm³/mol. The zero-order valence-corrected chi connectivity index (χ0v) is 20.7. The topological polar surface area (TPSA) is 54.1 Å². The molecule has 0 atom stereocenters. The maximum Gasteiger partial charge on any atom is 0.119 e. The number of likely N-dealkylation sites (N-methyl/N-ethyl adjacent to an activating group) is 1. The highest BCUT2D eigenvalue weighted by Crippen LogP contribution is 2.22. The van der Waals surface area contributed by atoms with Crippen LogP contribution in [-0.2, 0) is 19.4 Å². The Kier molecular flexibility index (Phi) is 9.18. The Bertz CT molecular complexity index is 1010. The number of benzene rings is 2. The van der Waals surface area contributed by atoms with Crippen LogP contribution in [0.3, 0.4) is 0 Å². The van der Waals surface area contributed by atoms with Crippen molar-refractivity contribution in [2.24, 2.45) is 0 Å². The van der Waals surface area contributed by atoms with Gasteiger partial charge in [0.05, 0.1) is 22.7 Å². The Morgan fingerprint density at radius 3 is 2.41 bits per heavy atom. The SMILES string of the molecule is CCOc1ccc(Cc2nc3cc(CC(=N)SCC)ccc3n2CCN(CC)CC)cc1. The lowest BCUT2D eigenvalue weighted by molar-refractivity contribution is 0.291. The van der Waals surface area contributed by atoms with Gasteiger partial charge in [-0.3, -0.25) is 5.41 Å². The first-order valence-corrected chi connectivity index (χ1v) is 12.7. The van der Waals surface area contributed by atoms with Gasteiger partial charge in [-0.05, 0) is 61.2 Å². The van der Waals surface area contributed by atoms with Crippen molar-refractivity contribution >= 4 is 27.8 Å². The number of rotatable bonds is 12. The minimum Gasteiger partial charge on any atom is -0.494 e. The fourth-order valence-corrected chi connectivity index (χ4v) is 4.58. The van der Waals surface area contributed by atoms with Crippen LogP contribution < -0.4 is 4.74 Å². The van der Waals surface area contributed by atoms with Crippen molar-refractivity contribution in [2.45, 2.75) is 47.1 Å². The average Bonchev–Trinajstić information content (AvgIpc) is 3.12. The van der Waals surface area contributed by atoms with Gasteiger partial charge in [0.1, 0.15) is 11.6 Å². The molecule has 0 fully saturated rings. The van der Waals surface area contributed by atoms with Crippen LogP contribution in [0.1, 0.15) is 44.6 Å². The summed E-state index contributed by atoms with van der Waals surface area (Å²) in [5.74, 6) is 2.93. The van der Waals surface area contributed by atoms with Gasteiger partial charge in [-0.25, -0.2) is 4.98 Å². The van der Waals surface area contributed by atoms with E-state index in [2.05, 4.69) is 60.6 Å². The lowest BCUT2D eigenvalue weighted by Crippen LogP contribution is -2.27. The summed E-state index contributed by atoms with van der Waals surface area (Å²) in [5.41, 5.74) is 4.59. The number of thioether (sulfide) groups is 1. The summed E-state index contributed by atoms with van der Waals surface area (Å²) in [6.45, 7) is 13.2. The molecule has 0 saturated heterocycles. The highest BCUT2D eigenvalue weighted by molar-refractivity contribution is 8.13. The van der Waals surface area contributed by atoms with Crippen molar-refractivity contribution in [1.29, 1.82) is 5.41 Å². The van der Waals surface area contributed by atoms with Crippen LogP contribution >= 0.6 is 11.8 Å². The highest BCUT2D eigenvalue weighted by Gasteiger charge is 2.14. The van der Waals surface area contributed by atoms with Crippen LogP contribution in [0, 0.1) is 5.41 Å². The molecule has 0 aliphatic rings. The number of imidazole rings is 1. The maximum atomic E-state index is 8.15. The van der Waals surface area contributed by atoms with Gasteiger partial charge in [-0.1, -0.05) is 39.0 Å². The normalized spacial score (nSPS) is 11.4. The molecule has 0 spiro atoms. The second-order valence-corrected chi connectivity index (χ2v) is 9.18. The fourth-order valence-electron chi connectivity index (χ4n) is 3.96. The van der Waals surface area contributed by atoms with Gasteiger partial charge in [0.2, 0.25) is 0 Å². The van der Waals surface area contributed by atoms with E-state index in [-0.39, 0.29) is 0 Å². The molecule has 2 aromatic carbocycles. The van der Waals surface area contributed by atoms with Crippen molar-refractivity contribution in [2.75, 3.05) is 32.0 Å². The first kappa shape index (κ1) is 24.3. The van der Waals surface area contributed by atoms with Gasteiger partial charge in [0.25, 0.3) is 0 Å². The van der Waals surface area contributed by atoms with Gasteiger partial charge in [0, 0.05) is 25.9 Å². The Labute approximate surface area is 196 Å². The molecule has 0 amide bonds. The molecule has 0 saturated carbocycles. The summed E-state index contributed by atoms with van der Waals surface area (Å²) < 4.78 is 7.96. The second-order valence-electron chi connectivity index (χ2n) is 7.82. The van der Waals surface area contributed by atoms with Gasteiger partial charge in [0.15, 0.2) is 0 Å². The number of hydrogen-bond donors (Lipinski definition) is 1. The van der Waals surface area contributed by atoms with Crippen LogP contribution in [0.25, 0.3) is 11.0 Å². The molecule has 3 aromatic rings. The summed E-state index contributed by atoms with van der Waals surface area (Å²) in [6.07, 6.45) is 1.46. The zero-order chi connectivity index (χ0) is 22.9. The number of nitrogens with zero attached hydrogens (tertiary/aromatic N) is 3. The molecule has 0 aliphatic carbocycles. The lowest BCUT2D eigenvalue weighted by Gasteiger charge is -2.19. The Hall–Kier alpha value is -2.31. The molecule has 1 heterocycles. The third kappa shape index (κ3) is 6.36. The standard InChI is InChI=1S/C26H36N4OS/c1-5-29(6-2)15-16-30-24-14-11-21(18-25(27)32-8-4)17-23(24)28-26(30)19-20-9-12-22(13-10-20)31-7-3/h9-14,17,27H,5-8,15-16,18-19H2,1-4H3. The molecule has 0 unspecified atom stereocenters. The Morgan fingerprint density at radius 2 is 1.75 bits per heavy atom. The number of aromatic nitrogens is 2. The largest absolute Gasteiger partial charge is 0.494 e. The monoisotopic (exact) mass is 452 g/mol. The van der Waals surface area contributed by atoms with Gasteiger partial charge >= 0.3 is 0 Å². The quantitative estimate of drug-likeness (QED) is 0.285. The minimum absolute atomic E-state index is 0.676. The van der Waals surface area contributed by atoms with E-state index in [1.807, 2.05) is 19.1 Å². The Balaban J connectivity index is 1.90. The van der Waals surface area contributed by atoms with E-state index in [0.717, 1.165) is 61.0 Å². The first-order chi connectivity index (χ1) is 15.6. The zero-order valence-electron chi connectivity index (χ0n) is 19.9. The van der Waals surface area contributed by atoms with E-state index >= 15 is 0 Å². The molecule has 172 valence electrons. The minimum atomic E-state index is 0.676. The lowest BCUT2D eigenvalue weighted by atomic mass is 10.1. The van der Waals surface area contributed by atoms with E-state index in [1.165, 1.54) is 11.1 Å². The smallest absolute Gasteiger partial charge is 0.119 e. The molecule has 32 heavy (non-hydrogen) atoms. The summed E-state index contributed by atoms with van der Waals surface area (Å²) in [6, 6.07) is 14.8. The van der Waals surface area contributed by atoms with Crippen molar-refractivity contribution in [3.8, 4) is 5.75 Å². The molecule has 1 aromatic heterocycles. The first-order valence-electron chi connectivity index (χ1n) is 11.7. The Morgan fingerprint density at radius 1 is 1.03 bits per heavy atom. The highest BCUT2D eigenvalue weighted by atomic mass is 32.2. The van der Waals surface area contributed by atoms with Crippen molar-refractivity contribution in [3.63, 3.8) is 0 Å².